The van der Waals surface area contributed by atoms with Crippen molar-refractivity contribution in [2.24, 2.45) is 0 Å². The van der Waals surface area contributed by atoms with Gasteiger partial charge in [-0.25, -0.2) is 0 Å². The fourth-order valence-electron chi connectivity index (χ4n) is 3.19. The van der Waals surface area contributed by atoms with E-state index in [4.69, 9.17) is 5.11 Å². The second kappa shape index (κ2) is 8.15. The Bertz CT molecular complexity index is 428. The van der Waals surface area contributed by atoms with Gasteiger partial charge in [0.1, 0.15) is 0 Å². The van der Waals surface area contributed by atoms with Crippen molar-refractivity contribution in [2.75, 3.05) is 13.1 Å². The molecule has 0 bridgehead atoms. The molecule has 0 saturated heterocycles. The molecule has 0 heterocycles. The zero-order valence-corrected chi connectivity index (χ0v) is 12.8. The lowest BCUT2D eigenvalue weighted by Gasteiger charge is -2.36. The van der Waals surface area contributed by atoms with E-state index >= 15 is 0 Å². The van der Waals surface area contributed by atoms with Crippen molar-refractivity contribution in [2.45, 2.75) is 51.2 Å². The van der Waals surface area contributed by atoms with Crippen LogP contribution in [0.3, 0.4) is 0 Å². The van der Waals surface area contributed by atoms with Gasteiger partial charge in [0.2, 0.25) is 0 Å². The van der Waals surface area contributed by atoms with Gasteiger partial charge >= 0.3 is 5.97 Å². The number of hydrogen-bond donors (Lipinski definition) is 2. The quantitative estimate of drug-likeness (QED) is 0.810. The highest BCUT2D eigenvalue weighted by Crippen LogP contribution is 2.24. The summed E-state index contributed by atoms with van der Waals surface area (Å²) in [6, 6.07) is 11.6. The van der Waals surface area contributed by atoms with Crippen molar-refractivity contribution in [3.63, 3.8) is 0 Å². The number of benzene rings is 1. The molecule has 0 radical (unpaired) electrons. The van der Waals surface area contributed by atoms with Crippen LogP contribution in [0.5, 0.6) is 0 Å². The van der Waals surface area contributed by atoms with Crippen LogP contribution < -0.4 is 5.32 Å². The molecule has 4 heteroatoms. The molecule has 1 aromatic carbocycles. The van der Waals surface area contributed by atoms with Crippen molar-refractivity contribution < 1.29 is 9.90 Å². The largest absolute Gasteiger partial charge is 0.480 e. The number of aliphatic carboxylic acids is 1. The Morgan fingerprint density at radius 1 is 1.24 bits per heavy atom. The Hall–Kier alpha value is -1.39. The van der Waals surface area contributed by atoms with Gasteiger partial charge < -0.3 is 10.4 Å². The predicted octanol–water partition coefficient (Wildman–Crippen LogP) is 2.49. The first-order valence-electron chi connectivity index (χ1n) is 7.92. The fourth-order valence-corrected chi connectivity index (χ4v) is 3.19. The minimum atomic E-state index is -0.767. The van der Waals surface area contributed by atoms with Crippen molar-refractivity contribution in [3.05, 3.63) is 35.9 Å². The molecule has 21 heavy (non-hydrogen) atoms. The van der Waals surface area contributed by atoms with Crippen LogP contribution in [0.2, 0.25) is 0 Å². The molecule has 0 aromatic heterocycles. The first-order valence-corrected chi connectivity index (χ1v) is 7.92. The number of carboxylic acids is 1. The number of nitrogens with zero attached hydrogens (tertiary/aromatic N) is 1. The lowest BCUT2D eigenvalue weighted by Crippen LogP contribution is -2.43. The van der Waals surface area contributed by atoms with Crippen LogP contribution >= 0.6 is 0 Å². The van der Waals surface area contributed by atoms with E-state index < -0.39 is 5.97 Å². The van der Waals surface area contributed by atoms with E-state index in [9.17, 15) is 4.79 Å². The topological polar surface area (TPSA) is 52.6 Å². The number of rotatable bonds is 7. The summed E-state index contributed by atoms with van der Waals surface area (Å²) in [7, 11) is 0. The third-order valence-corrected chi connectivity index (χ3v) is 4.39. The summed E-state index contributed by atoms with van der Waals surface area (Å²) in [5.41, 5.74) is 1.37. The molecule has 4 nitrogen and oxygen atoms in total. The van der Waals surface area contributed by atoms with E-state index in [0.29, 0.717) is 12.1 Å². The van der Waals surface area contributed by atoms with Crippen LogP contribution in [0.4, 0.5) is 0 Å². The maximum Gasteiger partial charge on any atom is 0.317 e. The zero-order valence-electron chi connectivity index (χ0n) is 12.8. The molecular formula is C17H26N2O2. The molecule has 1 saturated carbocycles. The minimum Gasteiger partial charge on any atom is -0.480 e. The third-order valence-electron chi connectivity index (χ3n) is 4.39. The maximum atomic E-state index is 10.6. The number of nitrogens with one attached hydrogen (secondary N) is 1. The monoisotopic (exact) mass is 290 g/mol. The molecule has 0 atom stereocenters. The van der Waals surface area contributed by atoms with Crippen molar-refractivity contribution in [1.82, 2.24) is 10.2 Å². The SMILES string of the molecule is CCN(Cc1ccccc1)C1CCC(NCC(=O)O)CC1. The number of hydrogen-bond acceptors (Lipinski definition) is 3. The Morgan fingerprint density at radius 2 is 1.90 bits per heavy atom. The van der Waals surface area contributed by atoms with Crippen LogP contribution in [-0.4, -0.2) is 41.1 Å². The molecule has 0 spiro atoms. The Labute approximate surface area is 127 Å². The first-order chi connectivity index (χ1) is 10.2. The van der Waals surface area contributed by atoms with Gasteiger partial charge in [-0.15, -0.1) is 0 Å². The second-order valence-electron chi connectivity index (χ2n) is 5.83. The van der Waals surface area contributed by atoms with Crippen molar-refractivity contribution >= 4 is 5.97 Å². The van der Waals surface area contributed by atoms with Gasteiger partial charge in [0, 0.05) is 18.6 Å². The van der Waals surface area contributed by atoms with Crippen LogP contribution in [0.15, 0.2) is 30.3 Å². The first kappa shape index (κ1) is 16.0. The van der Waals surface area contributed by atoms with Gasteiger partial charge in [0.05, 0.1) is 6.54 Å². The molecule has 0 unspecified atom stereocenters. The van der Waals surface area contributed by atoms with E-state index in [1.54, 1.807) is 0 Å². The smallest absolute Gasteiger partial charge is 0.317 e. The fraction of sp³-hybridized carbons (Fsp3) is 0.588. The van der Waals surface area contributed by atoms with Crippen LogP contribution in [0.1, 0.15) is 38.2 Å². The van der Waals surface area contributed by atoms with Gasteiger partial charge in [-0.2, -0.15) is 0 Å². The molecule has 116 valence electrons. The predicted molar refractivity (Wildman–Crippen MR) is 84.2 cm³/mol. The van der Waals surface area contributed by atoms with Crippen molar-refractivity contribution in [1.29, 1.82) is 0 Å². The molecular weight excluding hydrogens is 264 g/mol. The van der Waals surface area contributed by atoms with E-state index in [2.05, 4.69) is 47.5 Å². The van der Waals surface area contributed by atoms with Gasteiger partial charge in [-0.3, -0.25) is 9.69 Å². The number of carbonyl (C=O) groups is 1. The van der Waals surface area contributed by atoms with E-state index in [0.717, 1.165) is 38.8 Å². The normalized spacial score (nSPS) is 22.4. The summed E-state index contributed by atoms with van der Waals surface area (Å²) in [6.07, 6.45) is 4.45. The highest BCUT2D eigenvalue weighted by Gasteiger charge is 2.25. The van der Waals surface area contributed by atoms with Crippen molar-refractivity contribution in [3.8, 4) is 0 Å². The average molecular weight is 290 g/mol. The average Bonchev–Trinajstić information content (AvgIpc) is 2.52. The van der Waals surface area contributed by atoms with E-state index in [-0.39, 0.29) is 6.54 Å². The number of carboxylic acid groups (broad SMARTS) is 1. The van der Waals surface area contributed by atoms with E-state index in [1.165, 1.54) is 5.56 Å². The highest BCUT2D eigenvalue weighted by molar-refractivity contribution is 5.69. The van der Waals surface area contributed by atoms with Crippen LogP contribution in [0.25, 0.3) is 0 Å². The molecule has 2 rings (SSSR count). The standard InChI is InChI=1S/C17H26N2O2/c1-2-19(13-14-6-4-3-5-7-14)16-10-8-15(9-11-16)18-12-17(20)21/h3-7,15-16,18H,2,8-13H2,1H3,(H,20,21). The molecule has 1 aliphatic rings. The summed E-state index contributed by atoms with van der Waals surface area (Å²) in [5, 5.41) is 11.8. The Morgan fingerprint density at radius 3 is 2.48 bits per heavy atom. The summed E-state index contributed by atoms with van der Waals surface area (Å²) in [6.45, 7) is 4.37. The molecule has 1 fully saturated rings. The molecule has 1 aromatic rings. The van der Waals surface area contributed by atoms with Gasteiger partial charge in [-0.05, 0) is 37.8 Å². The minimum absolute atomic E-state index is 0.0802. The zero-order chi connectivity index (χ0) is 15.1. The van der Waals surface area contributed by atoms with Gasteiger partial charge in [-0.1, -0.05) is 37.3 Å². The molecule has 1 aliphatic carbocycles. The van der Waals surface area contributed by atoms with Gasteiger partial charge in [0.25, 0.3) is 0 Å². The molecule has 2 N–H and O–H groups in total. The lowest BCUT2D eigenvalue weighted by atomic mass is 9.90. The lowest BCUT2D eigenvalue weighted by molar-refractivity contribution is -0.136. The molecule has 0 aliphatic heterocycles. The third kappa shape index (κ3) is 5.14. The summed E-state index contributed by atoms with van der Waals surface area (Å²) in [4.78, 5) is 13.1. The van der Waals surface area contributed by atoms with Crippen LogP contribution in [-0.2, 0) is 11.3 Å². The maximum absolute atomic E-state index is 10.6. The second-order valence-corrected chi connectivity index (χ2v) is 5.83. The summed E-state index contributed by atoms with van der Waals surface area (Å²) in [5.74, 6) is -0.767. The van der Waals surface area contributed by atoms with E-state index in [1.807, 2.05) is 0 Å². The Balaban J connectivity index is 1.80. The Kier molecular flexibility index (Phi) is 6.21. The van der Waals surface area contributed by atoms with Gasteiger partial charge in [0.15, 0.2) is 0 Å². The van der Waals surface area contributed by atoms with Crippen LogP contribution in [0, 0.1) is 0 Å². The summed E-state index contributed by atoms with van der Waals surface area (Å²) < 4.78 is 0. The summed E-state index contributed by atoms with van der Waals surface area (Å²) >= 11 is 0. The molecule has 0 amide bonds. The highest BCUT2D eigenvalue weighted by atomic mass is 16.4.